The minimum Gasteiger partial charge on any atom is -0.332 e. The van der Waals surface area contributed by atoms with Crippen molar-refractivity contribution in [3.8, 4) is 0 Å². The van der Waals surface area contributed by atoms with E-state index in [1.807, 2.05) is 67.8 Å². The van der Waals surface area contributed by atoms with Gasteiger partial charge in [0, 0.05) is 17.4 Å². The lowest BCUT2D eigenvalue weighted by molar-refractivity contribution is 0.611. The molecule has 3 aromatic rings. The smallest absolute Gasteiger partial charge is 0.308 e. The van der Waals surface area contributed by atoms with E-state index in [0.29, 0.717) is 5.11 Å². The Morgan fingerprint density at radius 2 is 1.71 bits per heavy atom. The zero-order chi connectivity index (χ0) is 17.3. The third kappa shape index (κ3) is 3.49. The van der Waals surface area contributed by atoms with E-state index in [9.17, 15) is 4.79 Å². The van der Waals surface area contributed by atoms with Crippen molar-refractivity contribution in [3.05, 3.63) is 57.7 Å². The van der Waals surface area contributed by atoms with Crippen LogP contribution in [0.2, 0.25) is 0 Å². The lowest BCUT2D eigenvalue weighted by Crippen LogP contribution is -2.19. The maximum atomic E-state index is 12.1. The summed E-state index contributed by atoms with van der Waals surface area (Å²) in [6.45, 7) is 6.07. The molecule has 4 nitrogen and oxygen atoms in total. The van der Waals surface area contributed by atoms with Gasteiger partial charge in [-0.15, -0.1) is 0 Å². The summed E-state index contributed by atoms with van der Waals surface area (Å²) < 4.78 is 2.77. The predicted molar refractivity (Wildman–Crippen MR) is 107 cm³/mol. The molecule has 2 N–H and O–H groups in total. The number of aryl methyl sites for hydroxylation is 1. The van der Waals surface area contributed by atoms with Crippen LogP contribution in [0, 0.1) is 6.92 Å². The lowest BCUT2D eigenvalue weighted by atomic mass is 10.2. The zero-order valence-electron chi connectivity index (χ0n) is 13.8. The topological polar surface area (TPSA) is 46.1 Å². The van der Waals surface area contributed by atoms with Gasteiger partial charge in [-0.05, 0) is 63.3 Å². The van der Waals surface area contributed by atoms with Gasteiger partial charge in [0.15, 0.2) is 5.11 Å². The van der Waals surface area contributed by atoms with Crippen molar-refractivity contribution in [2.75, 3.05) is 10.6 Å². The van der Waals surface area contributed by atoms with Crippen LogP contribution < -0.4 is 15.5 Å². The Morgan fingerprint density at radius 1 is 1.08 bits per heavy atom. The zero-order valence-corrected chi connectivity index (χ0v) is 15.4. The number of rotatable bonds is 3. The SMILES string of the molecule is Cc1ccc(NC(=S)Nc2ccc3c(c2)sc(=O)n3C(C)C)cc1. The molecule has 1 heterocycles. The number of anilines is 2. The maximum absolute atomic E-state index is 12.1. The summed E-state index contributed by atoms with van der Waals surface area (Å²) in [5.74, 6) is 0. The van der Waals surface area contributed by atoms with Gasteiger partial charge in [-0.25, -0.2) is 0 Å². The van der Waals surface area contributed by atoms with Gasteiger partial charge < -0.3 is 10.6 Å². The predicted octanol–water partition coefficient (Wildman–Crippen LogP) is 4.76. The second kappa shape index (κ2) is 6.75. The normalized spacial score (nSPS) is 11.0. The summed E-state index contributed by atoms with van der Waals surface area (Å²) in [6, 6.07) is 14.0. The minimum atomic E-state index is 0.0671. The van der Waals surface area contributed by atoms with Crippen LogP contribution in [-0.4, -0.2) is 9.68 Å². The number of nitrogens with zero attached hydrogens (tertiary/aromatic N) is 1. The molecular weight excluding hydrogens is 338 g/mol. The number of fused-ring (bicyclic) bond motifs is 1. The van der Waals surface area contributed by atoms with E-state index in [1.165, 1.54) is 16.9 Å². The van der Waals surface area contributed by atoms with Crippen molar-refractivity contribution in [1.82, 2.24) is 4.57 Å². The average molecular weight is 358 g/mol. The van der Waals surface area contributed by atoms with Gasteiger partial charge in [0.25, 0.3) is 0 Å². The van der Waals surface area contributed by atoms with E-state index in [0.717, 1.165) is 21.6 Å². The van der Waals surface area contributed by atoms with Crippen LogP contribution in [0.15, 0.2) is 47.3 Å². The molecule has 24 heavy (non-hydrogen) atoms. The van der Waals surface area contributed by atoms with Crippen molar-refractivity contribution in [2.45, 2.75) is 26.8 Å². The molecule has 3 rings (SSSR count). The molecule has 0 radical (unpaired) electrons. The first kappa shape index (κ1) is 16.7. The highest BCUT2D eigenvalue weighted by Crippen LogP contribution is 2.24. The fraction of sp³-hybridized carbons (Fsp3) is 0.222. The number of nitrogens with one attached hydrogen (secondary N) is 2. The van der Waals surface area contributed by atoms with E-state index in [1.54, 1.807) is 0 Å². The highest BCUT2D eigenvalue weighted by Gasteiger charge is 2.11. The van der Waals surface area contributed by atoms with Crippen molar-refractivity contribution in [3.63, 3.8) is 0 Å². The molecule has 0 aliphatic heterocycles. The fourth-order valence-electron chi connectivity index (χ4n) is 2.53. The fourth-order valence-corrected chi connectivity index (χ4v) is 3.82. The van der Waals surface area contributed by atoms with Crippen molar-refractivity contribution in [2.24, 2.45) is 0 Å². The summed E-state index contributed by atoms with van der Waals surface area (Å²) in [5, 5.41) is 6.85. The highest BCUT2D eigenvalue weighted by molar-refractivity contribution is 7.80. The van der Waals surface area contributed by atoms with Gasteiger partial charge in [0.1, 0.15) is 0 Å². The molecule has 0 saturated carbocycles. The largest absolute Gasteiger partial charge is 0.332 e. The third-order valence-corrected chi connectivity index (χ3v) is 4.82. The molecule has 0 atom stereocenters. The van der Waals surface area contributed by atoms with Gasteiger partial charge in [0.05, 0.1) is 10.2 Å². The number of aromatic nitrogens is 1. The molecule has 2 aromatic carbocycles. The molecule has 1 aromatic heterocycles. The van der Waals surface area contributed by atoms with Crippen molar-refractivity contribution >= 4 is 50.3 Å². The van der Waals surface area contributed by atoms with Crippen LogP contribution in [0.4, 0.5) is 11.4 Å². The number of hydrogen-bond acceptors (Lipinski definition) is 3. The van der Waals surface area contributed by atoms with Crippen LogP contribution >= 0.6 is 23.6 Å². The number of thiocarbonyl (C=S) groups is 1. The van der Waals surface area contributed by atoms with Crippen LogP contribution in [0.3, 0.4) is 0 Å². The number of benzene rings is 2. The monoisotopic (exact) mass is 357 g/mol. The summed E-state index contributed by atoms with van der Waals surface area (Å²) in [6.07, 6.45) is 0. The summed E-state index contributed by atoms with van der Waals surface area (Å²) in [5.41, 5.74) is 3.97. The van der Waals surface area contributed by atoms with Gasteiger partial charge >= 0.3 is 4.87 Å². The number of thiazole rings is 1. The van der Waals surface area contributed by atoms with E-state index >= 15 is 0 Å². The lowest BCUT2D eigenvalue weighted by Gasteiger charge is -2.11. The highest BCUT2D eigenvalue weighted by atomic mass is 32.1. The molecule has 0 amide bonds. The number of hydrogen-bond donors (Lipinski definition) is 2. The summed E-state index contributed by atoms with van der Waals surface area (Å²) in [7, 11) is 0. The summed E-state index contributed by atoms with van der Waals surface area (Å²) in [4.78, 5) is 12.2. The maximum Gasteiger partial charge on any atom is 0.308 e. The molecule has 0 unspecified atom stereocenters. The van der Waals surface area contributed by atoms with Gasteiger partial charge in [-0.1, -0.05) is 29.0 Å². The molecule has 0 saturated heterocycles. The van der Waals surface area contributed by atoms with Gasteiger partial charge in [0.2, 0.25) is 0 Å². The van der Waals surface area contributed by atoms with Gasteiger partial charge in [-0.2, -0.15) is 0 Å². The average Bonchev–Trinajstić information content (AvgIpc) is 2.84. The Morgan fingerprint density at radius 3 is 2.38 bits per heavy atom. The van der Waals surface area contributed by atoms with Gasteiger partial charge in [-0.3, -0.25) is 9.36 Å². The Kier molecular flexibility index (Phi) is 4.69. The molecular formula is C18H19N3OS2. The van der Waals surface area contributed by atoms with Crippen molar-refractivity contribution in [1.29, 1.82) is 0 Å². The molecule has 0 fully saturated rings. The van der Waals surface area contributed by atoms with E-state index < -0.39 is 0 Å². The van der Waals surface area contributed by atoms with E-state index in [4.69, 9.17) is 12.2 Å². The first-order valence-electron chi connectivity index (χ1n) is 7.74. The molecule has 0 aliphatic carbocycles. The quantitative estimate of drug-likeness (QED) is 0.663. The first-order chi connectivity index (χ1) is 11.4. The Balaban J connectivity index is 1.79. The van der Waals surface area contributed by atoms with Crippen LogP contribution in [0.5, 0.6) is 0 Å². The standard InChI is InChI=1S/C18H19N3OS2/c1-11(2)21-15-9-8-14(10-16(15)24-18(21)22)20-17(23)19-13-6-4-12(3)5-7-13/h4-11H,1-3H3,(H2,19,20,23). The molecule has 0 bridgehead atoms. The molecule has 124 valence electrons. The third-order valence-electron chi connectivity index (χ3n) is 3.70. The van der Waals surface area contributed by atoms with Crippen LogP contribution in [0.1, 0.15) is 25.5 Å². The summed E-state index contributed by atoms with van der Waals surface area (Å²) >= 11 is 6.62. The van der Waals surface area contributed by atoms with Crippen LogP contribution in [0.25, 0.3) is 10.2 Å². The second-order valence-corrected chi connectivity index (χ2v) is 7.36. The van der Waals surface area contributed by atoms with Crippen molar-refractivity contribution < 1.29 is 0 Å². The second-order valence-electron chi connectivity index (χ2n) is 5.96. The minimum absolute atomic E-state index is 0.0671. The first-order valence-corrected chi connectivity index (χ1v) is 8.96. The Labute approximate surface area is 150 Å². The van der Waals surface area contributed by atoms with E-state index in [2.05, 4.69) is 10.6 Å². The molecule has 6 heteroatoms. The van der Waals surface area contributed by atoms with E-state index in [-0.39, 0.29) is 10.9 Å². The molecule has 0 spiro atoms. The van der Waals surface area contributed by atoms with Crippen LogP contribution in [-0.2, 0) is 0 Å². The Bertz CT molecular complexity index is 939. The molecule has 0 aliphatic rings. The Hall–Kier alpha value is -2.18.